The number of carbonyl (C=O) groups excluding carboxylic acids is 1. The van der Waals surface area contributed by atoms with Crippen molar-refractivity contribution in [2.45, 2.75) is 26.8 Å². The molecule has 17 heavy (non-hydrogen) atoms. The second kappa shape index (κ2) is 6.25. The Bertz CT molecular complexity index is 390. The molecule has 0 saturated heterocycles. The molecule has 1 aromatic carbocycles. The van der Waals surface area contributed by atoms with E-state index in [2.05, 4.69) is 5.32 Å². The second-order valence-electron chi connectivity index (χ2n) is 3.97. The Labute approximate surface area is 102 Å². The zero-order chi connectivity index (χ0) is 12.8. The molecule has 0 aliphatic carbocycles. The maximum Gasteiger partial charge on any atom is 0.319 e. The van der Waals surface area contributed by atoms with Gasteiger partial charge in [-0.3, -0.25) is 4.79 Å². The van der Waals surface area contributed by atoms with Crippen molar-refractivity contribution in [1.82, 2.24) is 5.32 Å². The smallest absolute Gasteiger partial charge is 0.319 e. The Hall–Kier alpha value is -1.55. The largest absolute Gasteiger partial charge is 0.508 e. The van der Waals surface area contributed by atoms with E-state index in [0.29, 0.717) is 6.61 Å². The number of phenolic OH excluding ortho intramolecular Hbond substituents is 1. The highest BCUT2D eigenvalue weighted by molar-refractivity contribution is 5.71. The molecule has 1 aromatic rings. The van der Waals surface area contributed by atoms with Gasteiger partial charge in [0.05, 0.1) is 13.2 Å². The standard InChI is InChI=1S/C13H19NO3/c1-4-17-13(16)8-14-10(3)11-7-9(2)5-6-12(11)15/h5-7,10,14-15H,4,8H2,1-3H3. The monoisotopic (exact) mass is 237 g/mol. The SMILES string of the molecule is CCOC(=O)CNC(C)c1cc(C)ccc1O. The summed E-state index contributed by atoms with van der Waals surface area (Å²) in [5.74, 6) is -0.0500. The van der Waals surface area contributed by atoms with Gasteiger partial charge in [0, 0.05) is 11.6 Å². The van der Waals surface area contributed by atoms with Gasteiger partial charge in [0.1, 0.15) is 5.75 Å². The van der Waals surface area contributed by atoms with E-state index in [1.54, 1.807) is 13.0 Å². The highest BCUT2D eigenvalue weighted by Crippen LogP contribution is 2.24. The van der Waals surface area contributed by atoms with Crippen LogP contribution in [0, 0.1) is 6.92 Å². The van der Waals surface area contributed by atoms with Crippen molar-refractivity contribution < 1.29 is 14.6 Å². The quantitative estimate of drug-likeness (QED) is 0.768. The van der Waals surface area contributed by atoms with Gasteiger partial charge in [0.15, 0.2) is 0 Å². The van der Waals surface area contributed by atoms with E-state index in [0.717, 1.165) is 11.1 Å². The molecule has 1 unspecified atom stereocenters. The zero-order valence-corrected chi connectivity index (χ0v) is 10.5. The van der Waals surface area contributed by atoms with Gasteiger partial charge < -0.3 is 15.2 Å². The molecule has 94 valence electrons. The molecule has 4 nitrogen and oxygen atoms in total. The first-order chi connectivity index (χ1) is 8.04. The number of rotatable bonds is 5. The van der Waals surface area contributed by atoms with Crippen LogP contribution in [0.15, 0.2) is 18.2 Å². The first-order valence-corrected chi connectivity index (χ1v) is 5.73. The lowest BCUT2D eigenvalue weighted by atomic mass is 10.0. The third-order valence-corrected chi connectivity index (χ3v) is 2.51. The summed E-state index contributed by atoms with van der Waals surface area (Å²) < 4.78 is 4.82. The number of benzene rings is 1. The van der Waals surface area contributed by atoms with Gasteiger partial charge in [-0.15, -0.1) is 0 Å². The number of aromatic hydroxyl groups is 1. The average molecular weight is 237 g/mol. The molecule has 0 saturated carbocycles. The van der Waals surface area contributed by atoms with Crippen LogP contribution in [0.2, 0.25) is 0 Å². The molecule has 0 amide bonds. The van der Waals surface area contributed by atoms with Crippen molar-refractivity contribution in [2.75, 3.05) is 13.2 Å². The number of carbonyl (C=O) groups is 1. The minimum atomic E-state index is -0.286. The van der Waals surface area contributed by atoms with Crippen LogP contribution < -0.4 is 5.32 Å². The Morgan fingerprint density at radius 3 is 2.88 bits per heavy atom. The molecular formula is C13H19NO3. The van der Waals surface area contributed by atoms with Crippen LogP contribution >= 0.6 is 0 Å². The van der Waals surface area contributed by atoms with Crippen LogP contribution in [0.1, 0.15) is 31.0 Å². The molecule has 0 radical (unpaired) electrons. The number of esters is 1. The van der Waals surface area contributed by atoms with Crippen molar-refractivity contribution >= 4 is 5.97 Å². The summed E-state index contributed by atoms with van der Waals surface area (Å²) in [6.45, 7) is 6.15. The molecule has 0 aliphatic heterocycles. The van der Waals surface area contributed by atoms with Gasteiger partial charge in [0.25, 0.3) is 0 Å². The van der Waals surface area contributed by atoms with Crippen molar-refractivity contribution in [3.63, 3.8) is 0 Å². The van der Waals surface area contributed by atoms with E-state index in [1.165, 1.54) is 0 Å². The van der Waals surface area contributed by atoms with Gasteiger partial charge >= 0.3 is 5.97 Å². The van der Waals surface area contributed by atoms with E-state index in [4.69, 9.17) is 4.74 Å². The normalized spacial score (nSPS) is 12.2. The number of aryl methyl sites for hydroxylation is 1. The van der Waals surface area contributed by atoms with Crippen molar-refractivity contribution in [3.05, 3.63) is 29.3 Å². The molecule has 1 atom stereocenters. The topological polar surface area (TPSA) is 58.6 Å². The van der Waals surface area contributed by atoms with E-state index in [-0.39, 0.29) is 24.3 Å². The molecule has 0 fully saturated rings. The predicted molar refractivity (Wildman–Crippen MR) is 65.9 cm³/mol. The summed E-state index contributed by atoms with van der Waals surface area (Å²) in [6, 6.07) is 5.31. The molecule has 4 heteroatoms. The van der Waals surface area contributed by atoms with E-state index >= 15 is 0 Å². The highest BCUT2D eigenvalue weighted by Gasteiger charge is 2.11. The van der Waals surface area contributed by atoms with E-state index in [1.807, 2.05) is 26.0 Å². The Morgan fingerprint density at radius 2 is 2.24 bits per heavy atom. The number of nitrogens with one attached hydrogen (secondary N) is 1. The maximum atomic E-state index is 11.2. The minimum absolute atomic E-state index is 0.0979. The van der Waals surface area contributed by atoms with Gasteiger partial charge in [-0.25, -0.2) is 0 Å². The van der Waals surface area contributed by atoms with E-state index in [9.17, 15) is 9.90 Å². The summed E-state index contributed by atoms with van der Waals surface area (Å²) >= 11 is 0. The van der Waals surface area contributed by atoms with Crippen LogP contribution in [0.4, 0.5) is 0 Å². The zero-order valence-electron chi connectivity index (χ0n) is 10.5. The summed E-state index contributed by atoms with van der Waals surface area (Å²) in [5, 5.41) is 12.7. The van der Waals surface area contributed by atoms with E-state index < -0.39 is 0 Å². The lowest BCUT2D eigenvalue weighted by Gasteiger charge is -2.15. The first-order valence-electron chi connectivity index (χ1n) is 5.73. The number of hydrogen-bond donors (Lipinski definition) is 2. The molecule has 0 aliphatic rings. The fourth-order valence-electron chi connectivity index (χ4n) is 1.58. The molecule has 0 bridgehead atoms. The van der Waals surface area contributed by atoms with Gasteiger partial charge in [0.2, 0.25) is 0 Å². The lowest BCUT2D eigenvalue weighted by Crippen LogP contribution is -2.27. The average Bonchev–Trinajstić information content (AvgIpc) is 2.29. The van der Waals surface area contributed by atoms with Crippen LogP contribution in [0.5, 0.6) is 5.75 Å². The van der Waals surface area contributed by atoms with Crippen LogP contribution in [0.3, 0.4) is 0 Å². The Morgan fingerprint density at radius 1 is 1.53 bits per heavy atom. The molecule has 0 aromatic heterocycles. The maximum absolute atomic E-state index is 11.2. The van der Waals surface area contributed by atoms with Crippen LogP contribution in [-0.4, -0.2) is 24.2 Å². The highest BCUT2D eigenvalue weighted by atomic mass is 16.5. The summed E-state index contributed by atoms with van der Waals surface area (Å²) in [5.41, 5.74) is 1.86. The third-order valence-electron chi connectivity index (χ3n) is 2.51. The minimum Gasteiger partial charge on any atom is -0.508 e. The predicted octanol–water partition coefficient (Wildman–Crippen LogP) is 1.91. The Kier molecular flexibility index (Phi) is 4.97. The lowest BCUT2D eigenvalue weighted by molar-refractivity contribution is -0.142. The van der Waals surface area contributed by atoms with Gasteiger partial charge in [-0.1, -0.05) is 17.7 Å². The third kappa shape index (κ3) is 4.07. The Balaban J connectivity index is 2.60. The van der Waals surface area contributed by atoms with Crippen LogP contribution in [-0.2, 0) is 9.53 Å². The summed E-state index contributed by atoms with van der Waals surface area (Å²) in [6.07, 6.45) is 0. The number of phenols is 1. The summed E-state index contributed by atoms with van der Waals surface area (Å²) in [7, 11) is 0. The molecular weight excluding hydrogens is 218 g/mol. The number of ether oxygens (including phenoxy) is 1. The first kappa shape index (κ1) is 13.5. The van der Waals surface area contributed by atoms with Gasteiger partial charge in [-0.05, 0) is 26.8 Å². The molecule has 1 rings (SSSR count). The second-order valence-corrected chi connectivity index (χ2v) is 3.97. The van der Waals surface area contributed by atoms with Crippen LogP contribution in [0.25, 0.3) is 0 Å². The fourth-order valence-corrected chi connectivity index (χ4v) is 1.58. The number of hydrogen-bond acceptors (Lipinski definition) is 4. The molecule has 2 N–H and O–H groups in total. The summed E-state index contributed by atoms with van der Waals surface area (Å²) in [4.78, 5) is 11.2. The molecule has 0 spiro atoms. The van der Waals surface area contributed by atoms with Crippen molar-refractivity contribution in [2.24, 2.45) is 0 Å². The van der Waals surface area contributed by atoms with Crippen molar-refractivity contribution in [1.29, 1.82) is 0 Å². The fraction of sp³-hybridized carbons (Fsp3) is 0.462. The van der Waals surface area contributed by atoms with Crippen molar-refractivity contribution in [3.8, 4) is 5.75 Å². The van der Waals surface area contributed by atoms with Gasteiger partial charge in [-0.2, -0.15) is 0 Å². The molecule has 0 heterocycles.